The van der Waals surface area contributed by atoms with Crippen molar-refractivity contribution in [3.05, 3.63) is 114 Å². The fourth-order valence-electron chi connectivity index (χ4n) is 3.93. The standard InChI is InChI=1S/C18H14N2O.C10H8N2/c19-13-7-1-2-8-14(13)20-15-9-3-5-11-17(15)21-18-12-6-4-10-16(18)20;11-9-6-5-7-3-1-2-4-8(7)10(9)12/h1-12H,19H2;1-6,11-12H. The van der Waals surface area contributed by atoms with E-state index in [1.165, 1.54) is 0 Å². The number of fused-ring (bicyclic) bond motifs is 3. The molecule has 33 heavy (non-hydrogen) atoms. The van der Waals surface area contributed by atoms with Crippen molar-refractivity contribution >= 4 is 40.2 Å². The Labute approximate surface area is 192 Å². The van der Waals surface area contributed by atoms with Crippen LogP contribution in [0.1, 0.15) is 11.1 Å². The predicted octanol–water partition coefficient (Wildman–Crippen LogP) is 6.95. The normalized spacial score (nSPS) is 13.2. The molecule has 0 unspecified atom stereocenters. The van der Waals surface area contributed by atoms with Gasteiger partial charge < -0.3 is 15.4 Å². The Morgan fingerprint density at radius 3 is 1.82 bits per heavy atom. The van der Waals surface area contributed by atoms with Gasteiger partial charge in [-0.1, -0.05) is 66.7 Å². The van der Waals surface area contributed by atoms with Gasteiger partial charge in [0.15, 0.2) is 11.5 Å². The molecule has 0 fully saturated rings. The molecule has 0 amide bonds. The number of rotatable bonds is 1. The van der Waals surface area contributed by atoms with Crippen LogP contribution in [0, 0.1) is 10.8 Å². The lowest BCUT2D eigenvalue weighted by Crippen LogP contribution is -2.16. The quantitative estimate of drug-likeness (QED) is 0.252. The Hall–Kier alpha value is -4.64. The van der Waals surface area contributed by atoms with E-state index in [-0.39, 0.29) is 5.71 Å². The van der Waals surface area contributed by atoms with E-state index in [1.54, 1.807) is 6.08 Å². The van der Waals surface area contributed by atoms with Crippen molar-refractivity contribution in [2.75, 3.05) is 10.6 Å². The molecule has 1 aliphatic heterocycles. The Bertz CT molecular complexity index is 1350. The van der Waals surface area contributed by atoms with Gasteiger partial charge in [0, 0.05) is 5.56 Å². The Morgan fingerprint density at radius 1 is 0.606 bits per heavy atom. The number of nitrogens with one attached hydrogen (secondary N) is 2. The minimum absolute atomic E-state index is 0.286. The highest BCUT2D eigenvalue weighted by atomic mass is 16.5. The molecule has 2 aliphatic rings. The van der Waals surface area contributed by atoms with E-state index in [4.69, 9.17) is 21.3 Å². The number of hydrogen-bond donors (Lipinski definition) is 3. The van der Waals surface area contributed by atoms with E-state index in [9.17, 15) is 0 Å². The van der Waals surface area contributed by atoms with Gasteiger partial charge >= 0.3 is 0 Å². The number of allylic oxidation sites excluding steroid dienone is 1. The van der Waals surface area contributed by atoms with Gasteiger partial charge in [-0.2, -0.15) is 0 Å². The van der Waals surface area contributed by atoms with Gasteiger partial charge in [-0.3, -0.25) is 10.8 Å². The third-order valence-corrected chi connectivity index (χ3v) is 5.54. The van der Waals surface area contributed by atoms with Crippen LogP contribution in [-0.4, -0.2) is 11.4 Å². The molecule has 4 aromatic carbocycles. The van der Waals surface area contributed by atoms with Crippen molar-refractivity contribution in [3.63, 3.8) is 0 Å². The Balaban J connectivity index is 0.000000162. The van der Waals surface area contributed by atoms with Gasteiger partial charge in [0.25, 0.3) is 0 Å². The van der Waals surface area contributed by atoms with Gasteiger partial charge in [0.1, 0.15) is 0 Å². The maximum Gasteiger partial charge on any atom is 0.151 e. The van der Waals surface area contributed by atoms with Crippen LogP contribution in [0.4, 0.5) is 22.7 Å². The third kappa shape index (κ3) is 3.77. The molecule has 6 rings (SSSR count). The lowest BCUT2D eigenvalue weighted by atomic mass is 9.94. The third-order valence-electron chi connectivity index (χ3n) is 5.54. The molecule has 0 radical (unpaired) electrons. The lowest BCUT2D eigenvalue weighted by molar-refractivity contribution is 0.477. The van der Waals surface area contributed by atoms with Crippen LogP contribution < -0.4 is 15.4 Å². The summed E-state index contributed by atoms with van der Waals surface area (Å²) < 4.78 is 5.99. The molecule has 160 valence electrons. The first-order valence-electron chi connectivity index (χ1n) is 10.6. The van der Waals surface area contributed by atoms with Crippen molar-refractivity contribution in [1.29, 1.82) is 10.8 Å². The number of ether oxygens (including phenoxy) is 1. The van der Waals surface area contributed by atoms with Crippen LogP contribution in [0.15, 0.2) is 103 Å². The van der Waals surface area contributed by atoms with Crippen LogP contribution in [0.25, 0.3) is 6.08 Å². The van der Waals surface area contributed by atoms with Crippen molar-refractivity contribution in [1.82, 2.24) is 0 Å². The molecule has 0 atom stereocenters. The van der Waals surface area contributed by atoms with Crippen molar-refractivity contribution in [2.45, 2.75) is 0 Å². The van der Waals surface area contributed by atoms with Gasteiger partial charge in [-0.25, -0.2) is 0 Å². The van der Waals surface area contributed by atoms with Crippen LogP contribution in [0.2, 0.25) is 0 Å². The fourth-order valence-corrected chi connectivity index (χ4v) is 3.93. The monoisotopic (exact) mass is 430 g/mol. The highest BCUT2D eigenvalue weighted by Gasteiger charge is 2.26. The lowest BCUT2D eigenvalue weighted by Gasteiger charge is -2.33. The Kier molecular flexibility index (Phi) is 5.21. The summed E-state index contributed by atoms with van der Waals surface area (Å²) >= 11 is 0. The second-order valence-electron chi connectivity index (χ2n) is 7.64. The summed E-state index contributed by atoms with van der Waals surface area (Å²) in [4.78, 5) is 2.14. The SMILES string of the molecule is N=C1C=Cc2ccccc2C1=N.Nc1ccccc1N1c2ccccc2Oc2ccccc21. The van der Waals surface area contributed by atoms with Crippen LogP contribution in [-0.2, 0) is 0 Å². The maximum absolute atomic E-state index is 7.60. The van der Waals surface area contributed by atoms with Gasteiger partial charge in [0.05, 0.1) is 34.2 Å². The molecular formula is C28H22N4O. The predicted molar refractivity (Wildman–Crippen MR) is 136 cm³/mol. The number of benzene rings is 4. The van der Waals surface area contributed by atoms with E-state index in [0.717, 1.165) is 45.4 Å². The number of para-hydroxylation sites is 6. The zero-order valence-corrected chi connectivity index (χ0v) is 17.8. The van der Waals surface area contributed by atoms with E-state index < -0.39 is 0 Å². The van der Waals surface area contributed by atoms with E-state index in [0.29, 0.717) is 5.71 Å². The van der Waals surface area contributed by atoms with E-state index >= 15 is 0 Å². The molecular weight excluding hydrogens is 408 g/mol. The largest absolute Gasteiger partial charge is 0.453 e. The molecule has 0 saturated heterocycles. The molecule has 1 heterocycles. The highest BCUT2D eigenvalue weighted by molar-refractivity contribution is 6.52. The summed E-state index contributed by atoms with van der Waals surface area (Å²) in [5.41, 5.74) is 12.3. The summed E-state index contributed by atoms with van der Waals surface area (Å²) in [7, 11) is 0. The first kappa shape index (κ1) is 20.3. The summed E-state index contributed by atoms with van der Waals surface area (Å²) in [6.07, 6.45) is 3.53. The van der Waals surface area contributed by atoms with Crippen molar-refractivity contribution in [2.24, 2.45) is 0 Å². The van der Waals surface area contributed by atoms with Gasteiger partial charge in [0.2, 0.25) is 0 Å². The summed E-state index contributed by atoms with van der Waals surface area (Å²) in [6, 6.07) is 31.5. The number of anilines is 4. The molecule has 4 aromatic rings. The summed E-state index contributed by atoms with van der Waals surface area (Å²) in [5.74, 6) is 1.67. The maximum atomic E-state index is 7.60. The van der Waals surface area contributed by atoms with Crippen LogP contribution >= 0.6 is 0 Å². The number of nitrogens with two attached hydrogens (primary N) is 1. The van der Waals surface area contributed by atoms with Crippen molar-refractivity contribution < 1.29 is 4.74 Å². The first-order chi connectivity index (χ1) is 16.1. The second-order valence-corrected chi connectivity index (χ2v) is 7.64. The zero-order valence-electron chi connectivity index (χ0n) is 17.8. The number of nitrogens with zero attached hydrogens (tertiary/aromatic N) is 1. The van der Waals surface area contributed by atoms with E-state index in [1.807, 2.05) is 103 Å². The molecule has 4 N–H and O–H groups in total. The molecule has 5 heteroatoms. The summed E-state index contributed by atoms with van der Waals surface area (Å²) in [5, 5.41) is 15.0. The summed E-state index contributed by atoms with van der Waals surface area (Å²) in [6.45, 7) is 0. The fraction of sp³-hybridized carbons (Fsp3) is 0. The molecule has 0 bridgehead atoms. The average Bonchev–Trinajstić information content (AvgIpc) is 2.86. The van der Waals surface area contributed by atoms with E-state index in [2.05, 4.69) is 4.90 Å². The molecule has 0 spiro atoms. The average molecular weight is 431 g/mol. The Morgan fingerprint density at radius 2 is 1.15 bits per heavy atom. The molecule has 5 nitrogen and oxygen atoms in total. The number of nitrogen functional groups attached to an aromatic ring is 1. The smallest absolute Gasteiger partial charge is 0.151 e. The zero-order chi connectivity index (χ0) is 22.8. The minimum Gasteiger partial charge on any atom is -0.453 e. The van der Waals surface area contributed by atoms with Crippen LogP contribution in [0.5, 0.6) is 11.5 Å². The first-order valence-corrected chi connectivity index (χ1v) is 10.6. The minimum atomic E-state index is 0.286. The second kappa shape index (κ2) is 8.48. The van der Waals surface area contributed by atoms with Crippen molar-refractivity contribution in [3.8, 4) is 11.5 Å². The van der Waals surface area contributed by atoms with Gasteiger partial charge in [-0.05, 0) is 48.0 Å². The molecule has 0 aromatic heterocycles. The molecule has 0 saturated carbocycles. The molecule has 1 aliphatic carbocycles. The highest BCUT2D eigenvalue weighted by Crippen LogP contribution is 2.51. The van der Waals surface area contributed by atoms with Gasteiger partial charge in [-0.15, -0.1) is 0 Å². The number of hydrogen-bond acceptors (Lipinski definition) is 5. The topological polar surface area (TPSA) is 86.2 Å². The van der Waals surface area contributed by atoms with Crippen LogP contribution in [0.3, 0.4) is 0 Å².